The third-order valence-corrected chi connectivity index (χ3v) is 3.81. The molecule has 3 nitrogen and oxygen atoms in total. The summed E-state index contributed by atoms with van der Waals surface area (Å²) >= 11 is 15.0. The molecule has 2 aromatic carbocycles. The highest BCUT2D eigenvalue weighted by Crippen LogP contribution is 2.26. The smallest absolute Gasteiger partial charge is 0.265 e. The third-order valence-electron chi connectivity index (χ3n) is 2.75. The lowest BCUT2D eigenvalue weighted by molar-refractivity contribution is -0.122. The number of rotatable bonds is 4. The fourth-order valence-electron chi connectivity index (χ4n) is 1.64. The molecule has 0 unspecified atom stereocenters. The van der Waals surface area contributed by atoms with E-state index in [9.17, 15) is 9.18 Å². The van der Waals surface area contributed by atoms with Gasteiger partial charge in [0.05, 0.1) is 10.7 Å². The zero-order valence-corrected chi connectivity index (χ0v) is 14.5. The Labute approximate surface area is 145 Å². The second-order valence-electron chi connectivity index (χ2n) is 4.45. The number of carbonyl (C=O) groups excluding carboxylic acids is 1. The first kappa shape index (κ1) is 17.1. The van der Waals surface area contributed by atoms with Crippen molar-refractivity contribution in [1.29, 1.82) is 0 Å². The first-order valence-corrected chi connectivity index (χ1v) is 7.79. The van der Waals surface area contributed by atoms with E-state index in [1.807, 2.05) is 0 Å². The van der Waals surface area contributed by atoms with Gasteiger partial charge in [-0.15, -0.1) is 0 Å². The lowest BCUT2D eigenvalue weighted by Gasteiger charge is -2.16. The fraction of sp³-hybridized carbons (Fsp3) is 0.133. The highest BCUT2D eigenvalue weighted by Gasteiger charge is 2.18. The quantitative estimate of drug-likeness (QED) is 0.747. The van der Waals surface area contributed by atoms with Gasteiger partial charge in [-0.3, -0.25) is 4.79 Å². The Kier molecular flexibility index (Phi) is 5.67. The van der Waals surface area contributed by atoms with Crippen molar-refractivity contribution < 1.29 is 13.9 Å². The van der Waals surface area contributed by atoms with Crippen molar-refractivity contribution in [1.82, 2.24) is 0 Å². The first-order chi connectivity index (χ1) is 10.4. The van der Waals surface area contributed by atoms with Crippen LogP contribution in [0.15, 0.2) is 40.9 Å². The minimum atomic E-state index is -0.911. The Morgan fingerprint density at radius 1 is 1.27 bits per heavy atom. The number of hydrogen-bond acceptors (Lipinski definition) is 2. The summed E-state index contributed by atoms with van der Waals surface area (Å²) in [5, 5.41) is 3.37. The lowest BCUT2D eigenvalue weighted by Crippen LogP contribution is -2.30. The van der Waals surface area contributed by atoms with Crippen molar-refractivity contribution in [3.8, 4) is 5.75 Å². The number of nitrogens with one attached hydrogen (secondary N) is 1. The monoisotopic (exact) mass is 405 g/mol. The summed E-state index contributed by atoms with van der Waals surface area (Å²) < 4.78 is 19.6. The number of amides is 1. The van der Waals surface area contributed by atoms with Crippen molar-refractivity contribution in [3.05, 3.63) is 56.7 Å². The maximum absolute atomic E-state index is 13.7. The van der Waals surface area contributed by atoms with Crippen molar-refractivity contribution >= 4 is 50.7 Å². The van der Waals surface area contributed by atoms with Crippen molar-refractivity contribution in [2.75, 3.05) is 5.32 Å². The molecule has 0 aliphatic heterocycles. The largest absolute Gasteiger partial charge is 0.478 e. The van der Waals surface area contributed by atoms with Gasteiger partial charge in [0.15, 0.2) is 17.7 Å². The van der Waals surface area contributed by atoms with E-state index < -0.39 is 17.8 Å². The SMILES string of the molecule is C[C@@H](Oc1ccc(Br)cc1F)C(=O)Nc1cc(Cl)ccc1Cl. The summed E-state index contributed by atoms with van der Waals surface area (Å²) in [4.78, 5) is 12.1. The molecule has 0 spiro atoms. The normalized spacial score (nSPS) is 11.9. The van der Waals surface area contributed by atoms with Gasteiger partial charge >= 0.3 is 0 Å². The van der Waals surface area contributed by atoms with E-state index in [1.165, 1.54) is 25.1 Å². The average Bonchev–Trinajstić information content (AvgIpc) is 2.45. The molecular formula is C15H11BrCl2FNO2. The second kappa shape index (κ2) is 7.31. The average molecular weight is 407 g/mol. The third kappa shape index (κ3) is 4.35. The topological polar surface area (TPSA) is 38.3 Å². The molecule has 22 heavy (non-hydrogen) atoms. The van der Waals surface area contributed by atoms with E-state index in [0.29, 0.717) is 20.2 Å². The van der Waals surface area contributed by atoms with Crippen molar-refractivity contribution in [2.24, 2.45) is 0 Å². The van der Waals surface area contributed by atoms with E-state index in [2.05, 4.69) is 21.2 Å². The van der Waals surface area contributed by atoms with E-state index in [0.717, 1.165) is 0 Å². The van der Waals surface area contributed by atoms with Crippen molar-refractivity contribution in [3.63, 3.8) is 0 Å². The van der Waals surface area contributed by atoms with Gasteiger partial charge in [-0.05, 0) is 43.3 Å². The minimum Gasteiger partial charge on any atom is -0.478 e. The van der Waals surface area contributed by atoms with Crippen LogP contribution in [0.25, 0.3) is 0 Å². The fourth-order valence-corrected chi connectivity index (χ4v) is 2.31. The molecule has 1 N–H and O–H groups in total. The highest BCUT2D eigenvalue weighted by atomic mass is 79.9. The number of halogens is 4. The van der Waals surface area contributed by atoms with E-state index in [1.54, 1.807) is 18.2 Å². The Balaban J connectivity index is 2.07. The number of anilines is 1. The Bertz CT molecular complexity index is 712. The Hall–Kier alpha value is -1.30. The zero-order valence-electron chi connectivity index (χ0n) is 11.4. The number of ether oxygens (including phenoxy) is 1. The molecule has 0 radical (unpaired) electrons. The second-order valence-corrected chi connectivity index (χ2v) is 6.21. The van der Waals surface area contributed by atoms with Crippen LogP contribution in [0.4, 0.5) is 10.1 Å². The van der Waals surface area contributed by atoms with Gasteiger partial charge in [-0.1, -0.05) is 39.1 Å². The molecule has 0 aromatic heterocycles. The summed E-state index contributed by atoms with van der Waals surface area (Å²) in [6.07, 6.45) is -0.911. The summed E-state index contributed by atoms with van der Waals surface area (Å²) in [6.45, 7) is 1.51. The summed E-state index contributed by atoms with van der Waals surface area (Å²) in [7, 11) is 0. The van der Waals surface area contributed by atoms with Crippen LogP contribution in [0.1, 0.15) is 6.92 Å². The summed E-state index contributed by atoms with van der Waals surface area (Å²) in [5.41, 5.74) is 0.367. The molecule has 0 saturated carbocycles. The van der Waals surface area contributed by atoms with Crippen LogP contribution >= 0.6 is 39.1 Å². The van der Waals surface area contributed by atoms with Crippen LogP contribution in [0.5, 0.6) is 5.75 Å². The van der Waals surface area contributed by atoms with Gasteiger partial charge in [0, 0.05) is 9.50 Å². The molecule has 0 aliphatic carbocycles. The number of benzene rings is 2. The number of hydrogen-bond donors (Lipinski definition) is 1. The van der Waals surface area contributed by atoms with Crippen LogP contribution in [0.2, 0.25) is 10.0 Å². The molecule has 0 fully saturated rings. The standard InChI is InChI=1S/C15H11BrCl2FNO2/c1-8(22-14-5-2-9(16)6-12(14)19)15(21)20-13-7-10(17)3-4-11(13)18/h2-8H,1H3,(H,20,21)/t8-/m1/s1. The van der Waals surface area contributed by atoms with Crippen molar-refractivity contribution in [2.45, 2.75) is 13.0 Å². The van der Waals surface area contributed by atoms with Gasteiger partial charge in [-0.25, -0.2) is 4.39 Å². The first-order valence-electron chi connectivity index (χ1n) is 6.24. The van der Waals surface area contributed by atoms with Crippen LogP contribution < -0.4 is 10.1 Å². The molecule has 1 amide bonds. The molecule has 116 valence electrons. The molecule has 2 rings (SSSR count). The molecule has 0 bridgehead atoms. The lowest BCUT2D eigenvalue weighted by atomic mass is 10.3. The predicted molar refractivity (Wildman–Crippen MR) is 89.3 cm³/mol. The highest BCUT2D eigenvalue weighted by molar-refractivity contribution is 9.10. The van der Waals surface area contributed by atoms with Gasteiger partial charge < -0.3 is 10.1 Å². The van der Waals surface area contributed by atoms with E-state index >= 15 is 0 Å². The van der Waals surface area contributed by atoms with Gasteiger partial charge in [0.1, 0.15) is 0 Å². The molecule has 0 heterocycles. The van der Waals surface area contributed by atoms with Gasteiger partial charge in [-0.2, -0.15) is 0 Å². The Morgan fingerprint density at radius 3 is 2.68 bits per heavy atom. The van der Waals surface area contributed by atoms with Crippen LogP contribution in [-0.4, -0.2) is 12.0 Å². The molecule has 2 aromatic rings. The van der Waals surface area contributed by atoms with Gasteiger partial charge in [0.2, 0.25) is 0 Å². The minimum absolute atomic E-state index is 0.0111. The molecule has 0 aliphatic rings. The molecular weight excluding hydrogens is 396 g/mol. The van der Waals surface area contributed by atoms with Crippen LogP contribution in [0, 0.1) is 5.82 Å². The Morgan fingerprint density at radius 2 is 2.00 bits per heavy atom. The molecule has 7 heteroatoms. The van der Waals surface area contributed by atoms with Crippen LogP contribution in [-0.2, 0) is 4.79 Å². The maximum Gasteiger partial charge on any atom is 0.265 e. The van der Waals surface area contributed by atoms with E-state index in [4.69, 9.17) is 27.9 Å². The summed E-state index contributed by atoms with van der Waals surface area (Å²) in [5.74, 6) is -1.04. The zero-order chi connectivity index (χ0) is 16.3. The molecule has 1 atom stereocenters. The van der Waals surface area contributed by atoms with E-state index in [-0.39, 0.29) is 5.75 Å². The van der Waals surface area contributed by atoms with Crippen LogP contribution in [0.3, 0.4) is 0 Å². The molecule has 0 saturated heterocycles. The number of carbonyl (C=O) groups is 1. The van der Waals surface area contributed by atoms with Gasteiger partial charge in [0.25, 0.3) is 5.91 Å². The maximum atomic E-state index is 13.7. The summed E-state index contributed by atoms with van der Waals surface area (Å²) in [6, 6.07) is 9.02. The predicted octanol–water partition coefficient (Wildman–Crippen LogP) is 5.30.